The molecule has 0 radical (unpaired) electrons. The highest BCUT2D eigenvalue weighted by atomic mass is 32.2. The second-order valence-electron chi connectivity index (χ2n) is 14.7. The van der Waals surface area contributed by atoms with Crippen molar-refractivity contribution >= 4 is 22.1 Å². The number of carbonyl (C=O) groups excluding carboxylic acids is 2. The van der Waals surface area contributed by atoms with Gasteiger partial charge in [-0.3, -0.25) is 14.1 Å². The van der Waals surface area contributed by atoms with Crippen molar-refractivity contribution in [1.82, 2.24) is 0 Å². The monoisotopic (exact) mass is 790 g/mol. The lowest BCUT2D eigenvalue weighted by Crippen LogP contribution is -2.60. The molecular weight excluding hydrogens is 717 g/mol. The summed E-state index contributed by atoms with van der Waals surface area (Å²) in [4.78, 5) is 25.2. The normalized spacial score (nSPS) is 21.2. The number of carbonyl (C=O) groups is 2. The van der Waals surface area contributed by atoms with E-state index >= 15 is 0 Å². The maximum Gasteiger partial charge on any atom is 0.306 e. The molecule has 0 aromatic carbocycles. The molecule has 1 heterocycles. The number of unbranched alkanes of at least 4 members (excludes halogenated alkanes) is 18. The maximum atomic E-state index is 12.7. The summed E-state index contributed by atoms with van der Waals surface area (Å²) in [6.07, 6.45) is 24.0. The molecule has 1 aliphatic heterocycles. The Morgan fingerprint density at radius 3 is 1.69 bits per heavy atom. The fourth-order valence-electron chi connectivity index (χ4n) is 6.24. The highest BCUT2D eigenvalue weighted by Gasteiger charge is 2.46. The van der Waals surface area contributed by atoms with Gasteiger partial charge in [-0.15, -0.1) is 0 Å². The topological polar surface area (TPSA) is 186 Å². The van der Waals surface area contributed by atoms with E-state index in [0.29, 0.717) is 19.3 Å². The van der Waals surface area contributed by atoms with Gasteiger partial charge in [-0.1, -0.05) is 141 Å². The average Bonchev–Trinajstić information content (AvgIpc) is 3.13. The standard InChI is InChI=1S/C41H74O12S/c1-3-5-7-9-11-13-14-15-16-17-18-19-20-22-23-25-27-29-36(42)50-31-34(52-37(43)30-28-26-24-21-12-10-8-6-4-2)32-51-41-40(46)39(45)38(44)35(53-41)33-54(47,48)49/h18-19,22-23,34-35,38-41,44-46H,3-17,20-21,24-33H2,1-2H3,(H,47,48,49)/b19-18+,23-22+/t34-,35-,38-,39?,40?,41+/m1/s1. The van der Waals surface area contributed by atoms with Crippen molar-refractivity contribution in [1.29, 1.82) is 0 Å². The zero-order valence-corrected chi connectivity index (χ0v) is 34.1. The molecule has 1 aliphatic rings. The highest BCUT2D eigenvalue weighted by Crippen LogP contribution is 2.24. The molecule has 0 bridgehead atoms. The third-order valence-corrected chi connectivity index (χ3v) is 10.3. The predicted octanol–water partition coefficient (Wildman–Crippen LogP) is 7.67. The lowest BCUT2D eigenvalue weighted by molar-refractivity contribution is -0.297. The number of aliphatic hydroxyl groups excluding tert-OH is 3. The Kier molecular flexibility index (Phi) is 29.9. The lowest BCUT2D eigenvalue weighted by Gasteiger charge is -2.40. The van der Waals surface area contributed by atoms with Gasteiger partial charge in [0, 0.05) is 12.8 Å². The van der Waals surface area contributed by atoms with Gasteiger partial charge in [-0.2, -0.15) is 8.42 Å². The number of hydrogen-bond acceptors (Lipinski definition) is 11. The first-order valence-corrected chi connectivity index (χ1v) is 22.5. The van der Waals surface area contributed by atoms with E-state index in [1.807, 2.05) is 6.08 Å². The minimum atomic E-state index is -4.60. The zero-order chi connectivity index (χ0) is 39.9. The van der Waals surface area contributed by atoms with Crippen LogP contribution in [0.15, 0.2) is 24.3 Å². The number of ether oxygens (including phenoxy) is 4. The maximum absolute atomic E-state index is 12.7. The number of aliphatic hydroxyl groups is 3. The Morgan fingerprint density at radius 2 is 1.13 bits per heavy atom. The molecule has 1 fully saturated rings. The summed E-state index contributed by atoms with van der Waals surface area (Å²) < 4.78 is 53.8. The quantitative estimate of drug-likeness (QED) is 0.0216. The lowest BCUT2D eigenvalue weighted by atomic mass is 10.00. The molecule has 13 heteroatoms. The molecule has 0 amide bonds. The minimum Gasteiger partial charge on any atom is -0.462 e. The van der Waals surface area contributed by atoms with Gasteiger partial charge >= 0.3 is 11.9 Å². The first kappa shape index (κ1) is 50.1. The highest BCUT2D eigenvalue weighted by molar-refractivity contribution is 7.85. The van der Waals surface area contributed by atoms with Crippen molar-refractivity contribution in [3.8, 4) is 0 Å². The van der Waals surface area contributed by atoms with Crippen LogP contribution >= 0.6 is 0 Å². The van der Waals surface area contributed by atoms with Crippen molar-refractivity contribution in [2.75, 3.05) is 19.0 Å². The van der Waals surface area contributed by atoms with Crippen molar-refractivity contribution in [2.45, 2.75) is 205 Å². The van der Waals surface area contributed by atoms with E-state index in [0.717, 1.165) is 32.1 Å². The van der Waals surface area contributed by atoms with Gasteiger partial charge in [0.2, 0.25) is 0 Å². The molecular formula is C41H74O12S. The molecule has 6 atom stereocenters. The van der Waals surface area contributed by atoms with Crippen LogP contribution in [0.25, 0.3) is 0 Å². The Balaban J connectivity index is 2.48. The average molecular weight is 791 g/mol. The first-order valence-electron chi connectivity index (χ1n) is 20.9. The van der Waals surface area contributed by atoms with E-state index in [2.05, 4.69) is 32.1 Å². The van der Waals surface area contributed by atoms with Crippen molar-refractivity contribution < 1.29 is 56.8 Å². The van der Waals surface area contributed by atoms with Crippen molar-refractivity contribution in [2.24, 2.45) is 0 Å². The molecule has 4 N–H and O–H groups in total. The van der Waals surface area contributed by atoms with Gasteiger partial charge < -0.3 is 34.3 Å². The molecule has 12 nitrogen and oxygen atoms in total. The van der Waals surface area contributed by atoms with Gasteiger partial charge in [0.05, 0.1) is 6.61 Å². The fourth-order valence-corrected chi connectivity index (χ4v) is 6.94. The molecule has 0 aromatic rings. The van der Waals surface area contributed by atoms with Gasteiger partial charge in [-0.05, 0) is 38.5 Å². The second-order valence-corrected chi connectivity index (χ2v) is 16.2. The summed E-state index contributed by atoms with van der Waals surface area (Å²) >= 11 is 0. The van der Waals surface area contributed by atoms with Crippen LogP contribution in [-0.2, 0) is 38.7 Å². The zero-order valence-electron chi connectivity index (χ0n) is 33.3. The Bertz CT molecular complexity index is 1110. The smallest absolute Gasteiger partial charge is 0.306 e. The Morgan fingerprint density at radius 1 is 0.630 bits per heavy atom. The summed E-state index contributed by atoms with van der Waals surface area (Å²) in [5.41, 5.74) is 0. The summed E-state index contributed by atoms with van der Waals surface area (Å²) in [5, 5.41) is 30.7. The van der Waals surface area contributed by atoms with E-state index in [1.54, 1.807) is 0 Å². The van der Waals surface area contributed by atoms with Crippen LogP contribution in [0.3, 0.4) is 0 Å². The van der Waals surface area contributed by atoms with E-state index in [9.17, 15) is 37.9 Å². The molecule has 2 unspecified atom stereocenters. The number of esters is 2. The molecule has 1 rings (SSSR count). The van der Waals surface area contributed by atoms with E-state index in [4.69, 9.17) is 18.9 Å². The van der Waals surface area contributed by atoms with Crippen LogP contribution in [0.4, 0.5) is 0 Å². The summed E-state index contributed by atoms with van der Waals surface area (Å²) in [7, 11) is -4.60. The SMILES string of the molecule is CCCCCCCCCCC/C=C/C/C=C/CCCC(=O)OC[C@H](CO[C@H]1O[C@H](CS(=O)(=O)O)[C@@H](O)C(O)C1O)OC(=O)CCCCCCCCCCC. The van der Waals surface area contributed by atoms with E-state index < -0.39 is 71.2 Å². The van der Waals surface area contributed by atoms with Crippen LogP contribution in [0.1, 0.15) is 168 Å². The third kappa shape index (κ3) is 26.9. The third-order valence-electron chi connectivity index (χ3n) is 9.53. The van der Waals surface area contributed by atoms with Crippen LogP contribution in [0.5, 0.6) is 0 Å². The van der Waals surface area contributed by atoms with E-state index in [-0.39, 0.29) is 19.4 Å². The molecule has 0 aromatic heterocycles. The molecule has 54 heavy (non-hydrogen) atoms. The first-order chi connectivity index (χ1) is 26.0. The van der Waals surface area contributed by atoms with Gasteiger partial charge in [-0.25, -0.2) is 0 Å². The number of allylic oxidation sites excluding steroid dienone is 4. The minimum absolute atomic E-state index is 0.157. The fraction of sp³-hybridized carbons (Fsp3) is 0.854. The number of rotatable bonds is 34. The molecule has 0 saturated carbocycles. The van der Waals surface area contributed by atoms with Gasteiger partial charge in [0.15, 0.2) is 12.4 Å². The van der Waals surface area contributed by atoms with Crippen LogP contribution < -0.4 is 0 Å². The molecule has 1 saturated heterocycles. The van der Waals surface area contributed by atoms with Crippen LogP contribution in [-0.4, -0.2) is 96.0 Å². The summed E-state index contributed by atoms with van der Waals surface area (Å²) in [6.45, 7) is 3.68. The molecule has 0 aliphatic carbocycles. The predicted molar refractivity (Wildman–Crippen MR) is 210 cm³/mol. The van der Waals surface area contributed by atoms with Gasteiger partial charge in [0.25, 0.3) is 10.1 Å². The van der Waals surface area contributed by atoms with Crippen molar-refractivity contribution in [3.05, 3.63) is 24.3 Å². The number of hydrogen-bond donors (Lipinski definition) is 4. The molecule has 316 valence electrons. The van der Waals surface area contributed by atoms with Gasteiger partial charge in [0.1, 0.15) is 36.8 Å². The second kappa shape index (κ2) is 32.2. The van der Waals surface area contributed by atoms with Crippen molar-refractivity contribution in [3.63, 3.8) is 0 Å². The van der Waals surface area contributed by atoms with E-state index in [1.165, 1.54) is 89.9 Å². The Hall–Kier alpha value is -1.87. The Labute approximate surface area is 326 Å². The summed E-state index contributed by atoms with van der Waals surface area (Å²) in [5.74, 6) is -2.04. The van der Waals surface area contributed by atoms with Crippen LogP contribution in [0.2, 0.25) is 0 Å². The van der Waals surface area contributed by atoms with Crippen LogP contribution in [0, 0.1) is 0 Å². The molecule has 0 spiro atoms. The summed E-state index contributed by atoms with van der Waals surface area (Å²) in [6, 6.07) is 0. The largest absolute Gasteiger partial charge is 0.462 e.